The molecule has 1 rings (SSSR count). The van der Waals surface area contributed by atoms with Crippen LogP contribution in [-0.2, 0) is 0 Å². The monoisotopic (exact) mass is 241 g/mol. The molecule has 0 radical (unpaired) electrons. The first kappa shape index (κ1) is 12.2. The van der Waals surface area contributed by atoms with Gasteiger partial charge in [-0.3, -0.25) is 9.59 Å². The summed E-state index contributed by atoms with van der Waals surface area (Å²) in [4.78, 5) is 22.6. The van der Waals surface area contributed by atoms with Crippen LogP contribution in [0, 0.1) is 4.64 Å². The van der Waals surface area contributed by atoms with Gasteiger partial charge >= 0.3 is 0 Å². The van der Waals surface area contributed by atoms with Crippen LogP contribution < -0.4 is 10.6 Å². The second kappa shape index (κ2) is 4.75. The molecular weight excluding hydrogens is 230 g/mol. The van der Waals surface area contributed by atoms with E-state index in [1.807, 2.05) is 0 Å². The summed E-state index contributed by atoms with van der Waals surface area (Å²) in [5, 5.41) is 14.3. The van der Waals surface area contributed by atoms with Gasteiger partial charge < -0.3 is 15.8 Å². The van der Waals surface area contributed by atoms with E-state index in [0.717, 1.165) is 0 Å². The van der Waals surface area contributed by atoms with E-state index in [1.165, 1.54) is 26.2 Å². The highest BCUT2D eigenvalue weighted by Crippen LogP contribution is 2.07. The minimum Gasteiger partial charge on any atom is -0.427 e. The predicted octanol–water partition coefficient (Wildman–Crippen LogP) is 0.174. The van der Waals surface area contributed by atoms with E-state index in [4.69, 9.17) is 12.2 Å². The van der Waals surface area contributed by atoms with Crippen molar-refractivity contribution in [1.29, 1.82) is 0 Å². The van der Waals surface area contributed by atoms with Gasteiger partial charge in [0, 0.05) is 14.1 Å². The molecule has 1 aromatic heterocycles. The van der Waals surface area contributed by atoms with Gasteiger partial charge in [0.25, 0.3) is 11.8 Å². The highest BCUT2D eigenvalue weighted by molar-refractivity contribution is 7.71. The Morgan fingerprint density at radius 1 is 1.25 bits per heavy atom. The van der Waals surface area contributed by atoms with Crippen molar-refractivity contribution in [3.63, 3.8) is 0 Å². The third kappa shape index (κ3) is 2.03. The molecular formula is C9H11N3O3S. The number of hydrogen-bond acceptors (Lipinski definition) is 4. The highest BCUT2D eigenvalue weighted by atomic mass is 32.1. The summed E-state index contributed by atoms with van der Waals surface area (Å²) in [6.07, 6.45) is 0. The Labute approximate surface area is 96.9 Å². The van der Waals surface area contributed by atoms with Crippen molar-refractivity contribution >= 4 is 24.0 Å². The third-order valence-corrected chi connectivity index (χ3v) is 2.38. The van der Waals surface area contributed by atoms with Crippen molar-refractivity contribution in [3.05, 3.63) is 28.0 Å². The van der Waals surface area contributed by atoms with E-state index in [0.29, 0.717) is 4.73 Å². The molecule has 0 aliphatic rings. The number of pyridine rings is 1. The smallest absolute Gasteiger partial charge is 0.271 e. The molecule has 6 nitrogen and oxygen atoms in total. The zero-order valence-corrected chi connectivity index (χ0v) is 9.59. The van der Waals surface area contributed by atoms with Crippen LogP contribution in [-0.4, -0.2) is 35.8 Å². The Kier molecular flexibility index (Phi) is 3.62. The highest BCUT2D eigenvalue weighted by Gasteiger charge is 2.14. The fourth-order valence-electron chi connectivity index (χ4n) is 1.14. The van der Waals surface area contributed by atoms with Crippen LogP contribution in [0.15, 0.2) is 12.1 Å². The maximum absolute atomic E-state index is 11.3. The molecule has 0 saturated carbocycles. The molecule has 1 aromatic rings. The summed E-state index contributed by atoms with van der Waals surface area (Å²) in [5.74, 6) is -0.909. The van der Waals surface area contributed by atoms with Crippen molar-refractivity contribution in [2.75, 3.05) is 14.1 Å². The van der Waals surface area contributed by atoms with Crippen LogP contribution in [0.4, 0.5) is 0 Å². The number of hydrogen-bond donors (Lipinski definition) is 3. The molecule has 0 unspecified atom stereocenters. The molecule has 2 amide bonds. The fourth-order valence-corrected chi connectivity index (χ4v) is 1.39. The molecule has 16 heavy (non-hydrogen) atoms. The van der Waals surface area contributed by atoms with Crippen LogP contribution in [0.5, 0.6) is 0 Å². The number of amides is 2. The number of aromatic nitrogens is 1. The lowest BCUT2D eigenvalue weighted by Gasteiger charge is -2.08. The molecule has 0 bridgehead atoms. The maximum Gasteiger partial charge on any atom is 0.271 e. The zero-order chi connectivity index (χ0) is 12.3. The van der Waals surface area contributed by atoms with Crippen molar-refractivity contribution in [3.8, 4) is 0 Å². The van der Waals surface area contributed by atoms with Crippen molar-refractivity contribution in [1.82, 2.24) is 15.4 Å². The van der Waals surface area contributed by atoms with Gasteiger partial charge in [0.15, 0.2) is 4.64 Å². The summed E-state index contributed by atoms with van der Waals surface area (Å²) in [6.45, 7) is 0. The number of carbonyl (C=O) groups excluding carboxylic acids is 2. The molecule has 0 atom stereocenters. The molecule has 0 spiro atoms. The molecule has 0 fully saturated rings. The summed E-state index contributed by atoms with van der Waals surface area (Å²) in [6, 6.07) is 2.71. The Bertz CT molecular complexity index is 495. The van der Waals surface area contributed by atoms with Gasteiger partial charge in [0.1, 0.15) is 5.69 Å². The first-order valence-corrected chi connectivity index (χ1v) is 4.83. The average Bonchev–Trinajstić information content (AvgIpc) is 2.30. The van der Waals surface area contributed by atoms with Crippen LogP contribution >= 0.6 is 12.2 Å². The first-order chi connectivity index (χ1) is 7.52. The Balaban J connectivity index is 3.35. The van der Waals surface area contributed by atoms with Crippen molar-refractivity contribution < 1.29 is 14.8 Å². The quantitative estimate of drug-likeness (QED) is 0.509. The molecule has 1 heterocycles. The molecule has 0 aliphatic heterocycles. The minimum absolute atomic E-state index is 0.0276. The normalized spacial score (nSPS) is 9.62. The summed E-state index contributed by atoms with van der Waals surface area (Å²) in [7, 11) is 2.88. The number of nitrogens with zero attached hydrogens (tertiary/aromatic N) is 1. The summed E-state index contributed by atoms with van der Waals surface area (Å²) < 4.78 is 0.402. The van der Waals surface area contributed by atoms with E-state index in [9.17, 15) is 14.8 Å². The Hall–Kier alpha value is -1.89. The summed E-state index contributed by atoms with van der Waals surface area (Å²) in [5.41, 5.74) is 0.104. The first-order valence-electron chi connectivity index (χ1n) is 4.42. The van der Waals surface area contributed by atoms with Gasteiger partial charge in [0.05, 0.1) is 5.56 Å². The predicted molar refractivity (Wildman–Crippen MR) is 59.2 cm³/mol. The van der Waals surface area contributed by atoms with Gasteiger partial charge in [0.2, 0.25) is 0 Å². The van der Waals surface area contributed by atoms with E-state index in [1.54, 1.807) is 0 Å². The standard InChI is InChI=1S/C9H11N3O3S/c1-10-7(13)5-3-4-6(8(14)11-2)12(15)9(5)16/h3-4,15H,1-2H3,(H,10,13)(H,11,14). The van der Waals surface area contributed by atoms with Gasteiger partial charge in [-0.05, 0) is 12.1 Å². The topological polar surface area (TPSA) is 83.4 Å². The van der Waals surface area contributed by atoms with E-state index < -0.39 is 11.8 Å². The van der Waals surface area contributed by atoms with Gasteiger partial charge in [-0.25, -0.2) is 0 Å². The Morgan fingerprint density at radius 3 is 2.31 bits per heavy atom. The lowest BCUT2D eigenvalue weighted by atomic mass is 10.2. The number of carbonyl (C=O) groups is 2. The SMILES string of the molecule is CNC(=O)c1ccc(C(=O)NC)n(O)c1=S. The van der Waals surface area contributed by atoms with Gasteiger partial charge in [-0.2, -0.15) is 4.73 Å². The van der Waals surface area contributed by atoms with Crippen molar-refractivity contribution in [2.45, 2.75) is 0 Å². The number of nitrogens with one attached hydrogen (secondary N) is 2. The van der Waals surface area contributed by atoms with E-state index in [-0.39, 0.29) is 15.9 Å². The van der Waals surface area contributed by atoms with Gasteiger partial charge in [-0.15, -0.1) is 0 Å². The maximum atomic E-state index is 11.3. The molecule has 86 valence electrons. The molecule has 0 saturated heterocycles. The van der Waals surface area contributed by atoms with Crippen LogP contribution in [0.1, 0.15) is 20.8 Å². The minimum atomic E-state index is -0.489. The van der Waals surface area contributed by atoms with Crippen LogP contribution in [0.25, 0.3) is 0 Å². The molecule has 0 aromatic carbocycles. The third-order valence-electron chi connectivity index (χ3n) is 1.99. The van der Waals surface area contributed by atoms with Crippen LogP contribution in [0.3, 0.4) is 0 Å². The number of rotatable bonds is 2. The average molecular weight is 241 g/mol. The second-order valence-electron chi connectivity index (χ2n) is 2.91. The molecule has 3 N–H and O–H groups in total. The van der Waals surface area contributed by atoms with E-state index in [2.05, 4.69) is 10.6 Å². The second-order valence-corrected chi connectivity index (χ2v) is 3.29. The van der Waals surface area contributed by atoms with Gasteiger partial charge in [-0.1, -0.05) is 12.2 Å². The lowest BCUT2D eigenvalue weighted by molar-refractivity contribution is 0.0892. The fraction of sp³-hybridized carbons (Fsp3) is 0.222. The summed E-state index contributed by atoms with van der Waals surface area (Å²) >= 11 is 4.86. The molecule has 0 aliphatic carbocycles. The van der Waals surface area contributed by atoms with Crippen molar-refractivity contribution in [2.24, 2.45) is 0 Å². The Morgan fingerprint density at radius 2 is 1.81 bits per heavy atom. The largest absolute Gasteiger partial charge is 0.427 e. The van der Waals surface area contributed by atoms with Crippen LogP contribution in [0.2, 0.25) is 0 Å². The van der Waals surface area contributed by atoms with E-state index >= 15 is 0 Å². The molecule has 7 heteroatoms. The lowest BCUT2D eigenvalue weighted by Crippen LogP contribution is -2.25. The zero-order valence-electron chi connectivity index (χ0n) is 8.77.